The lowest BCUT2D eigenvalue weighted by Crippen LogP contribution is -2.06. The molecular formula is C14H9N3O2. The van der Waals surface area contributed by atoms with Gasteiger partial charge in [-0.1, -0.05) is 12.1 Å². The first-order valence-corrected chi connectivity index (χ1v) is 5.67. The van der Waals surface area contributed by atoms with Crippen molar-refractivity contribution in [1.29, 1.82) is 0 Å². The third-order valence-electron chi connectivity index (χ3n) is 2.49. The van der Waals surface area contributed by atoms with Crippen LogP contribution in [0.2, 0.25) is 0 Å². The summed E-state index contributed by atoms with van der Waals surface area (Å²) >= 11 is 0. The highest BCUT2D eigenvalue weighted by Gasteiger charge is 2.24. The third-order valence-corrected chi connectivity index (χ3v) is 2.49. The van der Waals surface area contributed by atoms with Crippen molar-refractivity contribution in [2.45, 2.75) is 0 Å². The molecule has 19 heavy (non-hydrogen) atoms. The fourth-order valence-corrected chi connectivity index (χ4v) is 1.63. The number of rotatable bonds is 2. The highest BCUT2D eigenvalue weighted by atomic mass is 16.6. The molecule has 3 rings (SSSR count). The van der Waals surface area contributed by atoms with E-state index in [1.54, 1.807) is 42.9 Å². The van der Waals surface area contributed by atoms with Crippen molar-refractivity contribution in [2.75, 3.05) is 0 Å². The minimum absolute atomic E-state index is 0.223. The van der Waals surface area contributed by atoms with Crippen LogP contribution in [-0.2, 0) is 9.53 Å². The molecule has 1 aliphatic heterocycles. The van der Waals surface area contributed by atoms with Crippen LogP contribution in [0.1, 0.15) is 11.3 Å². The summed E-state index contributed by atoms with van der Waals surface area (Å²) in [5, 5.41) is 0. The molecule has 5 nitrogen and oxygen atoms in total. The van der Waals surface area contributed by atoms with Crippen molar-refractivity contribution < 1.29 is 9.53 Å². The van der Waals surface area contributed by atoms with Crippen LogP contribution in [0, 0.1) is 0 Å². The standard InChI is InChI=1S/C14H9N3O2/c18-14-12(8-10-4-3-6-15-9-10)17-13(19-14)11-5-1-2-7-16-11/h1-9H/b12-8+. The molecule has 2 aromatic heterocycles. The quantitative estimate of drug-likeness (QED) is 0.603. The predicted octanol–water partition coefficient (Wildman–Crippen LogP) is 1.82. The zero-order valence-electron chi connectivity index (χ0n) is 9.85. The predicted molar refractivity (Wildman–Crippen MR) is 69.1 cm³/mol. The van der Waals surface area contributed by atoms with Crippen LogP contribution < -0.4 is 0 Å². The van der Waals surface area contributed by atoms with Crippen molar-refractivity contribution in [3.8, 4) is 0 Å². The zero-order valence-corrected chi connectivity index (χ0v) is 9.85. The van der Waals surface area contributed by atoms with Crippen molar-refractivity contribution in [3.63, 3.8) is 0 Å². The first-order chi connectivity index (χ1) is 9.33. The lowest BCUT2D eigenvalue weighted by atomic mass is 10.2. The van der Waals surface area contributed by atoms with Crippen LogP contribution in [0.5, 0.6) is 0 Å². The molecule has 0 atom stereocenters. The maximum Gasteiger partial charge on any atom is 0.363 e. The van der Waals surface area contributed by atoms with E-state index < -0.39 is 5.97 Å². The maximum atomic E-state index is 11.7. The summed E-state index contributed by atoms with van der Waals surface area (Å²) < 4.78 is 5.09. The lowest BCUT2D eigenvalue weighted by molar-refractivity contribution is -0.129. The largest absolute Gasteiger partial charge is 0.400 e. The Bertz CT molecular complexity index is 664. The van der Waals surface area contributed by atoms with Gasteiger partial charge in [0.2, 0.25) is 5.90 Å². The van der Waals surface area contributed by atoms with E-state index in [2.05, 4.69) is 15.0 Å². The molecule has 0 fully saturated rings. The second kappa shape index (κ2) is 4.81. The third kappa shape index (κ3) is 2.40. The Hall–Kier alpha value is -2.82. The van der Waals surface area contributed by atoms with E-state index in [1.165, 1.54) is 0 Å². The van der Waals surface area contributed by atoms with Gasteiger partial charge in [-0.15, -0.1) is 0 Å². The number of hydrogen-bond acceptors (Lipinski definition) is 5. The molecule has 3 heterocycles. The zero-order chi connectivity index (χ0) is 13.1. The van der Waals surface area contributed by atoms with Gasteiger partial charge in [0.15, 0.2) is 5.70 Å². The maximum absolute atomic E-state index is 11.7. The molecule has 0 bridgehead atoms. The number of cyclic esters (lactones) is 1. The summed E-state index contributed by atoms with van der Waals surface area (Å²) in [5.41, 5.74) is 1.57. The molecule has 92 valence electrons. The van der Waals surface area contributed by atoms with Gasteiger partial charge in [0.1, 0.15) is 5.69 Å². The highest BCUT2D eigenvalue weighted by Crippen LogP contribution is 2.17. The van der Waals surface area contributed by atoms with E-state index in [4.69, 9.17) is 4.74 Å². The van der Waals surface area contributed by atoms with E-state index in [-0.39, 0.29) is 11.6 Å². The van der Waals surface area contributed by atoms with Crippen LogP contribution >= 0.6 is 0 Å². The Morgan fingerprint density at radius 2 is 2.05 bits per heavy atom. The highest BCUT2D eigenvalue weighted by molar-refractivity contribution is 6.12. The molecule has 5 heteroatoms. The van der Waals surface area contributed by atoms with Gasteiger partial charge in [0, 0.05) is 18.6 Å². The Balaban J connectivity index is 1.94. The first-order valence-electron chi connectivity index (χ1n) is 5.67. The van der Waals surface area contributed by atoms with Gasteiger partial charge < -0.3 is 4.74 Å². The van der Waals surface area contributed by atoms with Gasteiger partial charge in [-0.2, -0.15) is 0 Å². The molecule has 1 aliphatic rings. The van der Waals surface area contributed by atoms with Gasteiger partial charge in [-0.3, -0.25) is 9.97 Å². The molecule has 0 saturated heterocycles. The first kappa shape index (κ1) is 11.3. The van der Waals surface area contributed by atoms with Gasteiger partial charge >= 0.3 is 5.97 Å². The molecule has 0 aromatic carbocycles. The van der Waals surface area contributed by atoms with Crippen molar-refractivity contribution >= 4 is 17.9 Å². The van der Waals surface area contributed by atoms with E-state index in [0.717, 1.165) is 5.56 Å². The lowest BCUT2D eigenvalue weighted by Gasteiger charge is -1.96. The summed E-state index contributed by atoms with van der Waals surface area (Å²) in [6, 6.07) is 8.95. The van der Waals surface area contributed by atoms with Gasteiger partial charge in [-0.25, -0.2) is 9.79 Å². The monoisotopic (exact) mass is 251 g/mol. The molecule has 0 spiro atoms. The summed E-state index contributed by atoms with van der Waals surface area (Å²) in [5.74, 6) is -0.259. The molecule has 0 radical (unpaired) electrons. The SMILES string of the molecule is O=C1OC(c2ccccn2)=N/C1=C/c1cccnc1. The molecule has 0 N–H and O–H groups in total. The number of carbonyl (C=O) groups is 1. The average molecular weight is 251 g/mol. The number of aromatic nitrogens is 2. The van der Waals surface area contributed by atoms with E-state index in [0.29, 0.717) is 5.69 Å². The molecule has 0 saturated carbocycles. The Morgan fingerprint density at radius 1 is 1.11 bits per heavy atom. The topological polar surface area (TPSA) is 64.4 Å². The van der Waals surface area contributed by atoms with Gasteiger partial charge in [0.25, 0.3) is 0 Å². The van der Waals surface area contributed by atoms with Crippen LogP contribution in [0.25, 0.3) is 6.08 Å². The number of nitrogens with zero attached hydrogens (tertiary/aromatic N) is 3. The fraction of sp³-hybridized carbons (Fsp3) is 0. The summed E-state index contributed by atoms with van der Waals surface area (Å²) in [6.45, 7) is 0. The summed E-state index contributed by atoms with van der Waals surface area (Å²) in [7, 11) is 0. The number of pyridine rings is 2. The van der Waals surface area contributed by atoms with Crippen LogP contribution in [-0.4, -0.2) is 21.8 Å². The Morgan fingerprint density at radius 3 is 2.79 bits per heavy atom. The van der Waals surface area contributed by atoms with E-state index in [1.807, 2.05) is 12.1 Å². The number of hydrogen-bond donors (Lipinski definition) is 0. The normalized spacial score (nSPS) is 16.3. The Labute approximate surface area is 109 Å². The van der Waals surface area contributed by atoms with Crippen LogP contribution in [0.4, 0.5) is 0 Å². The molecule has 0 amide bonds. The van der Waals surface area contributed by atoms with Gasteiger partial charge in [0.05, 0.1) is 0 Å². The number of esters is 1. The van der Waals surface area contributed by atoms with Crippen molar-refractivity contribution in [1.82, 2.24) is 9.97 Å². The minimum Gasteiger partial charge on any atom is -0.400 e. The molecule has 0 aliphatic carbocycles. The van der Waals surface area contributed by atoms with E-state index >= 15 is 0 Å². The second-order valence-electron chi connectivity index (χ2n) is 3.84. The number of aliphatic imine (C=N–C) groups is 1. The second-order valence-corrected chi connectivity index (χ2v) is 3.84. The molecular weight excluding hydrogens is 242 g/mol. The minimum atomic E-state index is -0.482. The summed E-state index contributed by atoms with van der Waals surface area (Å²) in [6.07, 6.45) is 6.56. The smallest absolute Gasteiger partial charge is 0.363 e. The Kier molecular flexibility index (Phi) is 2.86. The van der Waals surface area contributed by atoms with Gasteiger partial charge in [-0.05, 0) is 29.8 Å². The average Bonchev–Trinajstić information content (AvgIpc) is 2.82. The number of ether oxygens (including phenoxy) is 1. The van der Waals surface area contributed by atoms with Crippen LogP contribution in [0.3, 0.4) is 0 Å². The van der Waals surface area contributed by atoms with Crippen molar-refractivity contribution in [3.05, 3.63) is 65.9 Å². The molecule has 0 unspecified atom stereocenters. The fourth-order valence-electron chi connectivity index (χ4n) is 1.63. The molecule has 2 aromatic rings. The van der Waals surface area contributed by atoms with E-state index in [9.17, 15) is 4.79 Å². The number of carbonyl (C=O) groups excluding carboxylic acids is 1. The van der Waals surface area contributed by atoms with Crippen molar-refractivity contribution in [2.24, 2.45) is 4.99 Å². The van der Waals surface area contributed by atoms with Crippen LogP contribution in [0.15, 0.2) is 59.6 Å². The summed E-state index contributed by atoms with van der Waals surface area (Å²) in [4.78, 5) is 23.9.